The maximum atomic E-state index is 6.44. The van der Waals surface area contributed by atoms with Crippen molar-refractivity contribution in [2.45, 2.75) is 25.6 Å². The number of thiocarbonyl (C=S) groups is 1. The smallest absolute Gasteiger partial charge is 0.190 e. The molecule has 4 rings (SSSR count). The van der Waals surface area contributed by atoms with E-state index >= 15 is 0 Å². The van der Waals surface area contributed by atoms with Gasteiger partial charge in [0.2, 0.25) is 0 Å². The fraction of sp³-hybridized carbons (Fsp3) is 0.278. The number of nitrogens with one attached hydrogen (secondary N) is 1. The molecular weight excluding hydrogens is 328 g/mol. The molecule has 5 heteroatoms. The number of fused-ring (bicyclic) bond motifs is 4. The normalized spacial score (nSPS) is 28.7. The lowest BCUT2D eigenvalue weighted by Crippen LogP contribution is -2.69. The van der Waals surface area contributed by atoms with E-state index in [-0.39, 0.29) is 12.0 Å². The van der Waals surface area contributed by atoms with Crippen molar-refractivity contribution in [1.82, 2.24) is 5.32 Å². The van der Waals surface area contributed by atoms with Crippen molar-refractivity contribution >= 4 is 34.6 Å². The number of halogens is 1. The van der Waals surface area contributed by atoms with Crippen molar-refractivity contribution in [2.24, 2.45) is 5.92 Å². The summed E-state index contributed by atoms with van der Waals surface area (Å²) in [6, 6.07) is 16.0. The highest BCUT2D eigenvalue weighted by atomic mass is 35.5. The average Bonchev–Trinajstić information content (AvgIpc) is 2.50. The SMILES string of the molecule is C[C@@H]1[C@@H]2NC(=S)N(c3cccc(Cl)c3)[C@@]1(C)Oc1ccccc12. The van der Waals surface area contributed by atoms with Crippen LogP contribution in [0.3, 0.4) is 0 Å². The second-order valence-electron chi connectivity index (χ2n) is 6.23. The number of anilines is 1. The summed E-state index contributed by atoms with van der Waals surface area (Å²) < 4.78 is 6.44. The Kier molecular flexibility index (Phi) is 3.29. The third-order valence-electron chi connectivity index (χ3n) is 4.91. The summed E-state index contributed by atoms with van der Waals surface area (Å²) >= 11 is 11.8. The van der Waals surface area contributed by atoms with E-state index in [1.807, 2.05) is 47.4 Å². The zero-order valence-corrected chi connectivity index (χ0v) is 14.5. The van der Waals surface area contributed by atoms with Gasteiger partial charge < -0.3 is 10.1 Å². The minimum atomic E-state index is -0.563. The van der Waals surface area contributed by atoms with Gasteiger partial charge in [-0.05, 0) is 43.4 Å². The monoisotopic (exact) mass is 344 g/mol. The molecule has 1 fully saturated rings. The minimum Gasteiger partial charge on any atom is -0.467 e. The zero-order chi connectivity index (χ0) is 16.2. The second kappa shape index (κ2) is 5.11. The molecule has 0 radical (unpaired) electrons. The van der Waals surface area contributed by atoms with E-state index in [2.05, 4.69) is 25.2 Å². The fourth-order valence-electron chi connectivity index (χ4n) is 3.56. The largest absolute Gasteiger partial charge is 0.467 e. The predicted molar refractivity (Wildman–Crippen MR) is 97.0 cm³/mol. The van der Waals surface area contributed by atoms with Crippen molar-refractivity contribution in [3.05, 3.63) is 59.1 Å². The van der Waals surface area contributed by atoms with Gasteiger partial charge in [-0.15, -0.1) is 0 Å². The highest BCUT2D eigenvalue weighted by Crippen LogP contribution is 2.49. The standard InChI is InChI=1S/C18H17ClN2OS/c1-11-16-14-8-3-4-9-15(14)22-18(11,2)21(17(23)20-16)13-7-5-6-12(19)10-13/h3-11,16H,1-2H3,(H,20,23)/t11-,16+,18+/m1/s1. The summed E-state index contributed by atoms with van der Waals surface area (Å²) in [6.45, 7) is 4.28. The number of hydrogen-bond acceptors (Lipinski definition) is 2. The molecule has 23 heavy (non-hydrogen) atoms. The molecule has 0 amide bonds. The number of hydrogen-bond donors (Lipinski definition) is 1. The lowest BCUT2D eigenvalue weighted by atomic mass is 9.81. The van der Waals surface area contributed by atoms with E-state index in [1.165, 1.54) is 0 Å². The van der Waals surface area contributed by atoms with E-state index in [1.54, 1.807) is 0 Å². The van der Waals surface area contributed by atoms with Crippen LogP contribution < -0.4 is 15.0 Å². The summed E-state index contributed by atoms with van der Waals surface area (Å²) in [5, 5.41) is 4.82. The first-order chi connectivity index (χ1) is 11.0. The van der Waals surface area contributed by atoms with Crippen LogP contribution in [0.2, 0.25) is 5.02 Å². The number of para-hydroxylation sites is 1. The Morgan fingerprint density at radius 2 is 2.00 bits per heavy atom. The van der Waals surface area contributed by atoms with Gasteiger partial charge in [0.05, 0.1) is 6.04 Å². The topological polar surface area (TPSA) is 24.5 Å². The van der Waals surface area contributed by atoms with E-state index in [4.69, 9.17) is 28.6 Å². The van der Waals surface area contributed by atoms with Crippen LogP contribution in [0.1, 0.15) is 25.5 Å². The van der Waals surface area contributed by atoms with E-state index in [0.717, 1.165) is 17.0 Å². The molecule has 2 aromatic carbocycles. The molecule has 118 valence electrons. The molecule has 2 heterocycles. The molecule has 2 aromatic rings. The molecule has 0 saturated carbocycles. The van der Waals surface area contributed by atoms with Gasteiger partial charge in [-0.1, -0.05) is 42.8 Å². The average molecular weight is 345 g/mol. The van der Waals surface area contributed by atoms with Gasteiger partial charge in [-0.2, -0.15) is 0 Å². The molecular formula is C18H17ClN2OS. The minimum absolute atomic E-state index is 0.146. The molecule has 1 saturated heterocycles. The maximum absolute atomic E-state index is 6.44. The highest BCUT2D eigenvalue weighted by molar-refractivity contribution is 7.80. The van der Waals surface area contributed by atoms with Crippen LogP contribution >= 0.6 is 23.8 Å². The Balaban J connectivity index is 1.87. The molecule has 3 atom stereocenters. The van der Waals surface area contributed by atoms with Crippen LogP contribution in [-0.2, 0) is 0 Å². The molecule has 2 aliphatic rings. The molecule has 1 N–H and O–H groups in total. The predicted octanol–water partition coefficient (Wildman–Crippen LogP) is 4.52. The Morgan fingerprint density at radius 1 is 1.22 bits per heavy atom. The van der Waals surface area contributed by atoms with Crippen LogP contribution in [0.25, 0.3) is 0 Å². The lowest BCUT2D eigenvalue weighted by Gasteiger charge is -2.56. The van der Waals surface area contributed by atoms with Gasteiger partial charge in [0, 0.05) is 22.2 Å². The first kappa shape index (κ1) is 14.8. The Morgan fingerprint density at radius 3 is 2.78 bits per heavy atom. The Bertz CT molecular complexity index is 796. The third kappa shape index (κ3) is 2.12. The van der Waals surface area contributed by atoms with Gasteiger partial charge >= 0.3 is 0 Å². The maximum Gasteiger partial charge on any atom is 0.190 e. The second-order valence-corrected chi connectivity index (χ2v) is 7.05. The fourth-order valence-corrected chi connectivity index (χ4v) is 4.16. The first-order valence-electron chi connectivity index (χ1n) is 7.65. The first-order valence-corrected chi connectivity index (χ1v) is 8.43. The molecule has 3 nitrogen and oxygen atoms in total. The summed E-state index contributed by atoms with van der Waals surface area (Å²) in [4.78, 5) is 2.03. The Hall–Kier alpha value is -1.78. The van der Waals surface area contributed by atoms with Crippen LogP contribution in [-0.4, -0.2) is 10.8 Å². The van der Waals surface area contributed by atoms with Crippen LogP contribution in [0.15, 0.2) is 48.5 Å². The number of ether oxygens (including phenoxy) is 1. The van der Waals surface area contributed by atoms with Crippen molar-refractivity contribution < 1.29 is 4.74 Å². The van der Waals surface area contributed by atoms with Crippen LogP contribution in [0, 0.1) is 5.92 Å². The van der Waals surface area contributed by atoms with E-state index < -0.39 is 5.72 Å². The van der Waals surface area contributed by atoms with Crippen LogP contribution in [0.5, 0.6) is 5.75 Å². The van der Waals surface area contributed by atoms with Crippen molar-refractivity contribution in [2.75, 3.05) is 4.90 Å². The molecule has 0 aromatic heterocycles. The van der Waals surface area contributed by atoms with Gasteiger partial charge in [0.15, 0.2) is 10.8 Å². The van der Waals surface area contributed by atoms with Gasteiger partial charge in [0.1, 0.15) is 5.75 Å². The molecule has 0 spiro atoms. The van der Waals surface area contributed by atoms with Gasteiger partial charge in [-0.25, -0.2) is 0 Å². The summed E-state index contributed by atoms with van der Waals surface area (Å²) in [5.41, 5.74) is 1.53. The van der Waals surface area contributed by atoms with E-state index in [0.29, 0.717) is 10.1 Å². The summed E-state index contributed by atoms with van der Waals surface area (Å²) in [5.74, 6) is 1.11. The number of benzene rings is 2. The quantitative estimate of drug-likeness (QED) is 0.769. The molecule has 0 unspecified atom stereocenters. The number of nitrogens with zero attached hydrogens (tertiary/aromatic N) is 1. The van der Waals surface area contributed by atoms with Crippen molar-refractivity contribution in [3.8, 4) is 5.75 Å². The van der Waals surface area contributed by atoms with E-state index in [9.17, 15) is 0 Å². The third-order valence-corrected chi connectivity index (χ3v) is 5.44. The number of rotatable bonds is 1. The van der Waals surface area contributed by atoms with Crippen molar-refractivity contribution in [1.29, 1.82) is 0 Å². The summed E-state index contributed by atoms with van der Waals surface area (Å²) in [7, 11) is 0. The van der Waals surface area contributed by atoms with Crippen molar-refractivity contribution in [3.63, 3.8) is 0 Å². The Labute approximate surface area is 146 Å². The summed E-state index contributed by atoms with van der Waals surface area (Å²) in [6.07, 6.45) is 0. The molecule has 0 aliphatic carbocycles. The molecule has 2 aliphatic heterocycles. The highest BCUT2D eigenvalue weighted by Gasteiger charge is 2.53. The molecule has 2 bridgehead atoms. The zero-order valence-electron chi connectivity index (χ0n) is 12.9. The van der Waals surface area contributed by atoms with Crippen LogP contribution in [0.4, 0.5) is 5.69 Å². The van der Waals surface area contributed by atoms with Gasteiger partial charge in [0.25, 0.3) is 0 Å². The van der Waals surface area contributed by atoms with Gasteiger partial charge in [-0.3, -0.25) is 4.90 Å². The lowest BCUT2D eigenvalue weighted by molar-refractivity contribution is -0.00316.